The van der Waals surface area contributed by atoms with Gasteiger partial charge < -0.3 is 5.32 Å². The van der Waals surface area contributed by atoms with Crippen LogP contribution in [0.5, 0.6) is 0 Å². The molecule has 4 heteroatoms. The monoisotopic (exact) mass is 219 g/mol. The van der Waals surface area contributed by atoms with Crippen molar-refractivity contribution in [3.63, 3.8) is 0 Å². The molecular weight excluding hydrogens is 205 g/mol. The van der Waals surface area contributed by atoms with E-state index in [1.807, 2.05) is 19.1 Å². The van der Waals surface area contributed by atoms with Gasteiger partial charge in [0.25, 0.3) is 0 Å². The van der Waals surface area contributed by atoms with Gasteiger partial charge in [0, 0.05) is 17.8 Å². The van der Waals surface area contributed by atoms with Gasteiger partial charge in [0.1, 0.15) is 5.82 Å². The van der Waals surface area contributed by atoms with Crippen LogP contribution in [-0.2, 0) is 6.54 Å². The molecule has 0 fully saturated rings. The number of nitrogens with one attached hydrogen (secondary N) is 2. The lowest BCUT2D eigenvalue weighted by molar-refractivity contribution is 0.628. The lowest BCUT2D eigenvalue weighted by atomic mass is 10.1. The molecule has 0 aliphatic heterocycles. The van der Waals surface area contributed by atoms with Crippen LogP contribution in [0, 0.1) is 5.82 Å². The second-order valence-electron chi connectivity index (χ2n) is 3.57. The molecule has 0 aliphatic carbocycles. The average Bonchev–Trinajstić information content (AvgIpc) is 2.75. The first-order valence-corrected chi connectivity index (χ1v) is 5.30. The first-order chi connectivity index (χ1) is 7.79. The van der Waals surface area contributed by atoms with Gasteiger partial charge in [-0.05, 0) is 24.7 Å². The van der Waals surface area contributed by atoms with Crippen molar-refractivity contribution in [2.45, 2.75) is 13.5 Å². The summed E-state index contributed by atoms with van der Waals surface area (Å²) in [5, 5.41) is 10.3. The minimum Gasteiger partial charge on any atom is -0.311 e. The fourth-order valence-corrected chi connectivity index (χ4v) is 1.51. The standard InChI is InChI=1S/C12H14FN3/c1-2-14-8-11-7-12(16-15-11)9-4-3-5-10(13)6-9/h3-7,14H,2,8H2,1H3,(H,15,16). The van der Waals surface area contributed by atoms with Crippen LogP contribution in [0.2, 0.25) is 0 Å². The Balaban J connectivity index is 2.18. The Morgan fingerprint density at radius 1 is 1.38 bits per heavy atom. The van der Waals surface area contributed by atoms with Gasteiger partial charge in [-0.25, -0.2) is 4.39 Å². The van der Waals surface area contributed by atoms with Crippen molar-refractivity contribution >= 4 is 0 Å². The molecule has 1 aromatic heterocycles. The zero-order valence-electron chi connectivity index (χ0n) is 9.13. The molecule has 0 saturated heterocycles. The summed E-state index contributed by atoms with van der Waals surface area (Å²) in [5.41, 5.74) is 2.56. The quantitative estimate of drug-likeness (QED) is 0.828. The van der Waals surface area contributed by atoms with Crippen molar-refractivity contribution in [1.82, 2.24) is 15.5 Å². The molecule has 1 aromatic carbocycles. The number of rotatable bonds is 4. The summed E-state index contributed by atoms with van der Waals surface area (Å²) < 4.78 is 13.0. The fourth-order valence-electron chi connectivity index (χ4n) is 1.51. The minimum atomic E-state index is -0.242. The number of nitrogens with zero attached hydrogens (tertiary/aromatic N) is 1. The molecule has 0 radical (unpaired) electrons. The van der Waals surface area contributed by atoms with E-state index in [0.717, 1.165) is 30.0 Å². The van der Waals surface area contributed by atoms with E-state index in [2.05, 4.69) is 15.5 Å². The lowest BCUT2D eigenvalue weighted by Crippen LogP contribution is -2.11. The molecule has 2 rings (SSSR count). The van der Waals surface area contributed by atoms with E-state index < -0.39 is 0 Å². The first-order valence-electron chi connectivity index (χ1n) is 5.30. The Morgan fingerprint density at radius 3 is 3.00 bits per heavy atom. The molecule has 2 N–H and O–H groups in total. The third-order valence-electron chi connectivity index (χ3n) is 2.32. The van der Waals surface area contributed by atoms with Gasteiger partial charge in [-0.3, -0.25) is 5.10 Å². The molecule has 0 unspecified atom stereocenters. The zero-order valence-corrected chi connectivity index (χ0v) is 9.13. The molecule has 2 aromatic rings. The van der Waals surface area contributed by atoms with Gasteiger partial charge in [-0.2, -0.15) is 5.10 Å². The maximum absolute atomic E-state index is 13.0. The first kappa shape index (κ1) is 10.8. The molecule has 0 amide bonds. The van der Waals surface area contributed by atoms with Gasteiger partial charge >= 0.3 is 0 Å². The number of H-pyrrole nitrogens is 1. The normalized spacial score (nSPS) is 10.6. The van der Waals surface area contributed by atoms with Crippen molar-refractivity contribution < 1.29 is 4.39 Å². The molecule has 0 aliphatic rings. The highest BCUT2D eigenvalue weighted by Crippen LogP contribution is 2.18. The summed E-state index contributed by atoms with van der Waals surface area (Å²) in [6.45, 7) is 3.71. The van der Waals surface area contributed by atoms with Gasteiger partial charge in [0.2, 0.25) is 0 Å². The van der Waals surface area contributed by atoms with Crippen molar-refractivity contribution in [3.05, 3.63) is 41.8 Å². The van der Waals surface area contributed by atoms with Crippen molar-refractivity contribution in [1.29, 1.82) is 0 Å². The van der Waals surface area contributed by atoms with Crippen LogP contribution >= 0.6 is 0 Å². The summed E-state index contributed by atoms with van der Waals surface area (Å²) >= 11 is 0. The number of aromatic nitrogens is 2. The van der Waals surface area contributed by atoms with Crippen LogP contribution in [0.4, 0.5) is 4.39 Å². The number of hydrogen-bond acceptors (Lipinski definition) is 2. The Bertz CT molecular complexity index is 465. The third-order valence-corrected chi connectivity index (χ3v) is 2.32. The number of aromatic amines is 1. The van der Waals surface area contributed by atoms with Crippen LogP contribution in [0.3, 0.4) is 0 Å². The second-order valence-corrected chi connectivity index (χ2v) is 3.57. The van der Waals surface area contributed by atoms with Crippen LogP contribution in [-0.4, -0.2) is 16.7 Å². The summed E-state index contributed by atoms with van der Waals surface area (Å²) in [7, 11) is 0. The third kappa shape index (κ3) is 2.46. The molecule has 0 atom stereocenters. The van der Waals surface area contributed by atoms with Gasteiger partial charge in [0.05, 0.1) is 5.69 Å². The van der Waals surface area contributed by atoms with Gasteiger partial charge in [-0.15, -0.1) is 0 Å². The van der Waals surface area contributed by atoms with E-state index in [9.17, 15) is 4.39 Å². The average molecular weight is 219 g/mol. The molecule has 0 bridgehead atoms. The molecular formula is C12H14FN3. The highest BCUT2D eigenvalue weighted by Gasteiger charge is 2.04. The molecule has 1 heterocycles. The smallest absolute Gasteiger partial charge is 0.123 e. The van der Waals surface area contributed by atoms with E-state index in [1.165, 1.54) is 12.1 Å². The zero-order chi connectivity index (χ0) is 11.4. The maximum Gasteiger partial charge on any atom is 0.123 e. The SMILES string of the molecule is CCNCc1cc(-c2cccc(F)c2)n[nH]1. The lowest BCUT2D eigenvalue weighted by Gasteiger charge is -1.96. The summed E-state index contributed by atoms with van der Waals surface area (Å²) in [4.78, 5) is 0. The van der Waals surface area contributed by atoms with Crippen LogP contribution in [0.25, 0.3) is 11.3 Å². The Hall–Kier alpha value is -1.68. The van der Waals surface area contributed by atoms with Crippen LogP contribution < -0.4 is 5.32 Å². The Kier molecular flexibility index (Phi) is 3.31. The Labute approximate surface area is 93.7 Å². The second kappa shape index (κ2) is 4.90. The molecule has 0 saturated carbocycles. The van der Waals surface area contributed by atoms with E-state index in [4.69, 9.17) is 0 Å². The maximum atomic E-state index is 13.0. The predicted octanol–water partition coefficient (Wildman–Crippen LogP) is 2.33. The van der Waals surface area contributed by atoms with E-state index >= 15 is 0 Å². The van der Waals surface area contributed by atoms with Crippen molar-refractivity contribution in [2.75, 3.05) is 6.54 Å². The largest absolute Gasteiger partial charge is 0.311 e. The molecule has 84 valence electrons. The van der Waals surface area contributed by atoms with Crippen molar-refractivity contribution in [2.24, 2.45) is 0 Å². The van der Waals surface area contributed by atoms with Gasteiger partial charge in [0.15, 0.2) is 0 Å². The summed E-state index contributed by atoms with van der Waals surface area (Å²) in [5.74, 6) is -0.242. The molecule has 0 spiro atoms. The topological polar surface area (TPSA) is 40.7 Å². The summed E-state index contributed by atoms with van der Waals surface area (Å²) in [6, 6.07) is 8.36. The fraction of sp³-hybridized carbons (Fsp3) is 0.250. The molecule has 16 heavy (non-hydrogen) atoms. The molecule has 3 nitrogen and oxygen atoms in total. The van der Waals surface area contributed by atoms with Gasteiger partial charge in [-0.1, -0.05) is 19.1 Å². The minimum absolute atomic E-state index is 0.242. The van der Waals surface area contributed by atoms with E-state index in [1.54, 1.807) is 6.07 Å². The number of hydrogen-bond donors (Lipinski definition) is 2. The predicted molar refractivity (Wildman–Crippen MR) is 61.4 cm³/mol. The van der Waals surface area contributed by atoms with E-state index in [0.29, 0.717) is 0 Å². The van der Waals surface area contributed by atoms with E-state index in [-0.39, 0.29) is 5.82 Å². The Morgan fingerprint density at radius 2 is 2.25 bits per heavy atom. The number of benzene rings is 1. The highest BCUT2D eigenvalue weighted by atomic mass is 19.1. The number of halogens is 1. The van der Waals surface area contributed by atoms with Crippen molar-refractivity contribution in [3.8, 4) is 11.3 Å². The van der Waals surface area contributed by atoms with Crippen LogP contribution in [0.1, 0.15) is 12.6 Å². The van der Waals surface area contributed by atoms with Crippen LogP contribution in [0.15, 0.2) is 30.3 Å². The highest BCUT2D eigenvalue weighted by molar-refractivity contribution is 5.59. The summed E-state index contributed by atoms with van der Waals surface area (Å²) in [6.07, 6.45) is 0.